The average Bonchev–Trinajstić information content (AvgIpc) is 1.59. The lowest BCUT2D eigenvalue weighted by atomic mass is 9.11. The second-order valence-electron chi connectivity index (χ2n) is 29.1. The van der Waals surface area contributed by atoms with Crippen molar-refractivity contribution in [1.29, 1.82) is 0 Å². The fourth-order valence-electron chi connectivity index (χ4n) is 21.9. The minimum absolute atomic E-state index is 0.00107. The Morgan fingerprint density at radius 3 is 1.33 bits per heavy atom. The molecule has 9 aromatic carbocycles. The quantitative estimate of drug-likeness (QED) is 0.160. The molecule has 8 unspecified atom stereocenters. The van der Waals surface area contributed by atoms with Crippen molar-refractivity contribution in [3.63, 3.8) is 0 Å². The number of rotatable bonds is 6. The van der Waals surface area contributed by atoms with Gasteiger partial charge in [-0.05, 0) is 227 Å². The molecule has 4 spiro atoms. The highest BCUT2D eigenvalue weighted by molar-refractivity contribution is 6.09. The van der Waals surface area contributed by atoms with Crippen molar-refractivity contribution >= 4 is 27.8 Å². The fraction of sp³-hybridized carbons (Fsp3) is 0.333. The second-order valence-corrected chi connectivity index (χ2v) is 29.1. The summed E-state index contributed by atoms with van der Waals surface area (Å²) in [6.07, 6.45) is 8.59. The molecule has 0 heterocycles. The zero-order valence-electron chi connectivity index (χ0n) is 46.7. The van der Waals surface area contributed by atoms with Gasteiger partial charge in [-0.2, -0.15) is 0 Å². The number of fused-ring (bicyclic) bond motifs is 15. The highest BCUT2D eigenvalue weighted by Crippen LogP contribution is 2.96. The SMILES string of the molecule is CC(C)(C)c1cc(-c2cccc3cccc(-c4ccccc4N(c4ccc5c(c4)C4(c6ccccc6-5)C5CC6CC7CC4C675)c4ccccc4-c4ccc5c(c4)C4(c6ccccc6-5)C5CC6CC7CC4C675)c23)cc(C(C)(C)C)c1. The van der Waals surface area contributed by atoms with Crippen molar-refractivity contribution in [2.45, 2.75) is 102 Å². The summed E-state index contributed by atoms with van der Waals surface area (Å²) in [6.45, 7) is 14.2. The summed E-state index contributed by atoms with van der Waals surface area (Å²) >= 11 is 0. The maximum Gasteiger partial charge on any atom is 0.0540 e. The second kappa shape index (κ2) is 14.3. The van der Waals surface area contributed by atoms with Gasteiger partial charge < -0.3 is 4.90 Å². The van der Waals surface area contributed by atoms with E-state index in [4.69, 9.17) is 0 Å². The van der Waals surface area contributed by atoms with Crippen molar-refractivity contribution in [2.24, 2.45) is 58.2 Å². The summed E-state index contributed by atoms with van der Waals surface area (Å²) in [4.78, 5) is 2.71. The van der Waals surface area contributed by atoms with Gasteiger partial charge in [-0.15, -0.1) is 0 Å². The molecular formula is C78H69N. The van der Waals surface area contributed by atoms with Crippen LogP contribution in [-0.4, -0.2) is 0 Å². The van der Waals surface area contributed by atoms with Crippen molar-refractivity contribution in [1.82, 2.24) is 0 Å². The summed E-state index contributed by atoms with van der Waals surface area (Å²) in [6, 6.07) is 75.1. The first kappa shape index (κ1) is 44.8. The van der Waals surface area contributed by atoms with Crippen LogP contribution >= 0.6 is 0 Å². The third-order valence-corrected chi connectivity index (χ3v) is 24.9. The fourth-order valence-corrected chi connectivity index (χ4v) is 21.9. The molecule has 8 fully saturated rings. The van der Waals surface area contributed by atoms with Crippen molar-refractivity contribution in [2.75, 3.05) is 4.90 Å². The Bertz CT molecular complexity index is 4140. The predicted molar refractivity (Wildman–Crippen MR) is 325 cm³/mol. The molecule has 0 bridgehead atoms. The molecule has 8 atom stereocenters. The lowest BCUT2D eigenvalue weighted by Crippen LogP contribution is -2.88. The number of hydrogen-bond donors (Lipinski definition) is 0. The van der Waals surface area contributed by atoms with Gasteiger partial charge in [0.15, 0.2) is 0 Å². The summed E-state index contributed by atoms with van der Waals surface area (Å²) in [5.41, 5.74) is 28.1. The Morgan fingerprint density at radius 2 is 0.785 bits per heavy atom. The molecule has 8 saturated carbocycles. The van der Waals surface area contributed by atoms with Crippen LogP contribution in [0.5, 0.6) is 0 Å². The predicted octanol–water partition coefficient (Wildman–Crippen LogP) is 19.8. The number of nitrogens with zero attached hydrogens (tertiary/aromatic N) is 1. The average molecular weight is 1020 g/mol. The maximum absolute atomic E-state index is 2.72. The molecule has 0 amide bonds. The van der Waals surface area contributed by atoms with Gasteiger partial charge in [-0.1, -0.05) is 199 Å². The van der Waals surface area contributed by atoms with Gasteiger partial charge in [0, 0.05) is 27.6 Å². The van der Waals surface area contributed by atoms with E-state index in [1.54, 1.807) is 22.3 Å². The summed E-state index contributed by atoms with van der Waals surface area (Å²) < 4.78 is 0. The molecule has 1 heteroatoms. The normalized spacial score (nSPS) is 32.1. The molecule has 79 heavy (non-hydrogen) atoms. The van der Waals surface area contributed by atoms with E-state index < -0.39 is 0 Å². The van der Waals surface area contributed by atoms with Crippen LogP contribution in [0, 0.1) is 58.2 Å². The van der Waals surface area contributed by atoms with Gasteiger partial charge in [0.25, 0.3) is 0 Å². The third kappa shape index (κ3) is 4.89. The van der Waals surface area contributed by atoms with Gasteiger partial charge in [0.05, 0.1) is 11.4 Å². The highest BCUT2D eigenvalue weighted by atomic mass is 15.1. The minimum atomic E-state index is -0.00107. The molecule has 9 aromatic rings. The van der Waals surface area contributed by atoms with E-state index in [0.29, 0.717) is 10.8 Å². The third-order valence-electron chi connectivity index (χ3n) is 24.9. The summed E-state index contributed by atoms with van der Waals surface area (Å²) in [5.74, 6) is 6.93. The molecule has 0 N–H and O–H groups in total. The molecule has 386 valence electrons. The summed E-state index contributed by atoms with van der Waals surface area (Å²) in [5, 5.41) is 2.58. The van der Waals surface area contributed by atoms with Crippen LogP contribution in [0.25, 0.3) is 66.4 Å². The topological polar surface area (TPSA) is 3.24 Å². The van der Waals surface area contributed by atoms with Gasteiger partial charge >= 0.3 is 0 Å². The first-order chi connectivity index (χ1) is 38.4. The Hall–Kier alpha value is -6.96. The van der Waals surface area contributed by atoms with E-state index in [-0.39, 0.29) is 21.7 Å². The van der Waals surface area contributed by atoms with Crippen LogP contribution in [-0.2, 0) is 21.7 Å². The first-order valence-corrected chi connectivity index (χ1v) is 30.5. The Balaban J connectivity index is 0.836. The van der Waals surface area contributed by atoms with Crippen LogP contribution in [0.15, 0.2) is 188 Å². The van der Waals surface area contributed by atoms with E-state index in [1.807, 2.05) is 0 Å². The van der Waals surface area contributed by atoms with E-state index in [9.17, 15) is 0 Å². The van der Waals surface area contributed by atoms with Gasteiger partial charge in [-0.25, -0.2) is 0 Å². The van der Waals surface area contributed by atoms with Crippen molar-refractivity contribution in [3.05, 3.63) is 221 Å². The van der Waals surface area contributed by atoms with Crippen LogP contribution in [0.3, 0.4) is 0 Å². The highest BCUT2D eigenvalue weighted by Gasteiger charge is 2.91. The van der Waals surface area contributed by atoms with E-state index in [0.717, 1.165) is 47.3 Å². The zero-order chi connectivity index (χ0) is 52.5. The molecule has 1 nitrogen and oxygen atoms in total. The molecule has 0 aliphatic heterocycles. The zero-order valence-corrected chi connectivity index (χ0v) is 46.7. The minimum Gasteiger partial charge on any atom is -0.309 e. The Kier molecular flexibility index (Phi) is 8.12. The lowest BCUT2D eigenvalue weighted by molar-refractivity contribution is -0.412. The van der Waals surface area contributed by atoms with Crippen LogP contribution in [0.1, 0.15) is 113 Å². The molecule has 10 aliphatic rings. The standard InChI is InChI=1S/C78H69N/c1-73(2,3)47-33-46(34-48(36-47)74(4,5)6)55-23-15-17-44-18-16-24-61(72(44)55)60-22-10-14-28-67(60)79(53-30-32-59-57-21-8-12-26-63(57)78(65(59)43-53)70-41-51-38-52-42-71(78)76(51,52)70)66-27-13-9-19-54(66)45-29-31-58-56-20-7-11-25-62(56)77(64(58)35-45)68-39-49-37-50-40-69(77)75(49,50)68/h7-36,43,49-52,68-71H,37-42H2,1-6H3. The van der Waals surface area contributed by atoms with E-state index in [2.05, 4.69) is 234 Å². The monoisotopic (exact) mass is 1020 g/mol. The maximum atomic E-state index is 2.72. The molecule has 10 aliphatic carbocycles. The van der Waals surface area contributed by atoms with Crippen LogP contribution in [0.4, 0.5) is 17.1 Å². The first-order valence-electron chi connectivity index (χ1n) is 30.5. The number of para-hydroxylation sites is 2. The van der Waals surface area contributed by atoms with E-state index >= 15 is 0 Å². The molecule has 0 saturated heterocycles. The number of benzene rings is 9. The van der Waals surface area contributed by atoms with Gasteiger partial charge in [0.2, 0.25) is 0 Å². The smallest absolute Gasteiger partial charge is 0.0540 e. The van der Waals surface area contributed by atoms with Crippen LogP contribution < -0.4 is 4.90 Å². The molecular weight excluding hydrogens is 951 g/mol. The largest absolute Gasteiger partial charge is 0.309 e. The van der Waals surface area contributed by atoms with E-state index in [1.165, 1.54) is 133 Å². The lowest BCUT2D eigenvalue weighted by Gasteiger charge is -2.92. The molecule has 0 radical (unpaired) electrons. The van der Waals surface area contributed by atoms with Gasteiger partial charge in [0.1, 0.15) is 0 Å². The Labute approximate surface area is 467 Å². The van der Waals surface area contributed by atoms with Gasteiger partial charge in [-0.3, -0.25) is 0 Å². The summed E-state index contributed by atoms with van der Waals surface area (Å²) in [7, 11) is 0. The van der Waals surface area contributed by atoms with Crippen LogP contribution in [0.2, 0.25) is 0 Å². The molecule has 0 aromatic heterocycles. The number of anilines is 3. The molecule has 19 rings (SSSR count). The van der Waals surface area contributed by atoms with Crippen molar-refractivity contribution < 1.29 is 0 Å². The van der Waals surface area contributed by atoms with Crippen molar-refractivity contribution in [3.8, 4) is 55.6 Å². The Morgan fingerprint density at radius 1 is 0.342 bits per heavy atom. The number of hydrogen-bond acceptors (Lipinski definition) is 1.